The predicted octanol–water partition coefficient (Wildman–Crippen LogP) is 3.91. The lowest BCUT2D eigenvalue weighted by Crippen LogP contribution is -2.52. The van der Waals surface area contributed by atoms with Gasteiger partial charge in [0, 0.05) is 13.0 Å². The van der Waals surface area contributed by atoms with Crippen LogP contribution in [0.15, 0.2) is 54.7 Å². The van der Waals surface area contributed by atoms with E-state index in [0.29, 0.717) is 12.8 Å². The number of amides is 2. The molecule has 9 nitrogen and oxygen atoms in total. The molecule has 0 unspecified atom stereocenters. The van der Waals surface area contributed by atoms with E-state index in [1.807, 2.05) is 36.4 Å². The largest absolute Gasteiger partial charge is 0.480 e. The number of hydrogen-bond acceptors (Lipinski definition) is 5. The van der Waals surface area contributed by atoms with E-state index < -0.39 is 23.5 Å². The molecule has 0 radical (unpaired) electrons. The van der Waals surface area contributed by atoms with Crippen LogP contribution in [0.4, 0.5) is 10.5 Å². The summed E-state index contributed by atoms with van der Waals surface area (Å²) in [4.78, 5) is 37.5. The van der Waals surface area contributed by atoms with Crippen molar-refractivity contribution >= 4 is 23.7 Å². The fourth-order valence-electron chi connectivity index (χ4n) is 5.19. The number of carbonyl (C=O) groups is 3. The van der Waals surface area contributed by atoms with Crippen molar-refractivity contribution in [3.8, 4) is 11.1 Å². The van der Waals surface area contributed by atoms with Crippen LogP contribution in [0.3, 0.4) is 0 Å². The Balaban J connectivity index is 1.29. The lowest BCUT2D eigenvalue weighted by Gasteiger charge is -2.25. The third-order valence-corrected chi connectivity index (χ3v) is 6.95. The molecule has 0 atom stereocenters. The number of carboxylic acids is 1. The Morgan fingerprint density at radius 3 is 2.26 bits per heavy atom. The summed E-state index contributed by atoms with van der Waals surface area (Å²) in [5.74, 6) is -1.76. The second-order valence-corrected chi connectivity index (χ2v) is 9.03. The molecule has 3 aromatic rings. The molecule has 0 saturated heterocycles. The number of hydrogen-bond donors (Lipinski definition) is 3. The van der Waals surface area contributed by atoms with Gasteiger partial charge in [0.25, 0.3) is 5.91 Å². The lowest BCUT2D eigenvalue weighted by molar-refractivity contribution is -0.144. The second kappa shape index (κ2) is 8.90. The molecule has 1 heterocycles. The van der Waals surface area contributed by atoms with Crippen molar-refractivity contribution in [3.63, 3.8) is 0 Å². The first-order valence-electron chi connectivity index (χ1n) is 11.6. The van der Waals surface area contributed by atoms with Crippen LogP contribution in [0.2, 0.25) is 0 Å². The molecule has 0 bridgehead atoms. The maximum absolute atomic E-state index is 13.0. The molecular formula is C26H26N4O5. The van der Waals surface area contributed by atoms with E-state index in [-0.39, 0.29) is 23.9 Å². The van der Waals surface area contributed by atoms with Gasteiger partial charge in [-0.1, -0.05) is 61.4 Å². The quantitative estimate of drug-likeness (QED) is 0.498. The van der Waals surface area contributed by atoms with E-state index in [4.69, 9.17) is 4.74 Å². The van der Waals surface area contributed by atoms with E-state index in [9.17, 15) is 19.5 Å². The Hall–Kier alpha value is -4.14. The van der Waals surface area contributed by atoms with Crippen molar-refractivity contribution in [2.75, 3.05) is 11.9 Å². The average Bonchev–Trinajstić information content (AvgIpc) is 3.54. The molecule has 180 valence electrons. The van der Waals surface area contributed by atoms with E-state index in [1.165, 1.54) is 10.9 Å². The number of nitrogens with zero attached hydrogens (tertiary/aromatic N) is 2. The summed E-state index contributed by atoms with van der Waals surface area (Å²) in [5.41, 5.74) is 3.36. The zero-order chi connectivity index (χ0) is 24.6. The number of nitrogens with one attached hydrogen (secondary N) is 2. The van der Waals surface area contributed by atoms with Gasteiger partial charge < -0.3 is 15.2 Å². The highest BCUT2D eigenvalue weighted by Gasteiger charge is 2.43. The Kier molecular flexibility index (Phi) is 5.76. The van der Waals surface area contributed by atoms with Crippen molar-refractivity contribution in [3.05, 3.63) is 71.5 Å². The standard InChI is InChI=1S/C26H26N4O5/c1-30-22(23(31)29-26(24(32)33)12-6-7-13-26)21(14-27-30)28-25(34)35-15-20-18-10-4-2-8-16(18)17-9-3-5-11-19(17)20/h2-5,8-11,14,20H,6-7,12-13,15H2,1H3,(H,28,34)(H,29,31)(H,32,33). The topological polar surface area (TPSA) is 123 Å². The Bertz CT molecular complexity index is 1260. The molecule has 1 aromatic heterocycles. The smallest absolute Gasteiger partial charge is 0.411 e. The maximum Gasteiger partial charge on any atom is 0.411 e. The summed E-state index contributed by atoms with van der Waals surface area (Å²) in [6.45, 7) is 0.129. The second-order valence-electron chi connectivity index (χ2n) is 9.03. The summed E-state index contributed by atoms with van der Waals surface area (Å²) in [5, 5.41) is 19.0. The number of carboxylic acid groups (broad SMARTS) is 1. The van der Waals surface area contributed by atoms with E-state index in [0.717, 1.165) is 35.1 Å². The number of carbonyl (C=O) groups excluding carboxylic acids is 2. The first-order chi connectivity index (χ1) is 16.9. The van der Waals surface area contributed by atoms with Crippen molar-refractivity contribution < 1.29 is 24.2 Å². The van der Waals surface area contributed by atoms with Crippen LogP contribution in [-0.2, 0) is 16.6 Å². The molecule has 0 spiro atoms. The van der Waals surface area contributed by atoms with Gasteiger partial charge in [-0.25, -0.2) is 9.59 Å². The van der Waals surface area contributed by atoms with Crippen molar-refractivity contribution in [1.29, 1.82) is 0 Å². The van der Waals surface area contributed by atoms with Gasteiger partial charge in [-0.15, -0.1) is 0 Å². The first-order valence-corrected chi connectivity index (χ1v) is 11.6. The number of benzene rings is 2. The van der Waals surface area contributed by atoms with E-state index >= 15 is 0 Å². The molecule has 0 aliphatic heterocycles. The fourth-order valence-corrected chi connectivity index (χ4v) is 5.19. The van der Waals surface area contributed by atoms with E-state index in [2.05, 4.69) is 27.9 Å². The summed E-state index contributed by atoms with van der Waals surface area (Å²) < 4.78 is 6.87. The SMILES string of the molecule is Cn1ncc(NC(=O)OCC2c3ccccc3-c3ccccc32)c1C(=O)NC1(C(=O)O)CCCC1. The minimum absolute atomic E-state index is 0.0611. The molecule has 1 fully saturated rings. The zero-order valence-corrected chi connectivity index (χ0v) is 19.3. The van der Waals surface area contributed by atoms with Crippen LogP contribution >= 0.6 is 0 Å². The molecule has 2 aliphatic rings. The Morgan fingerprint density at radius 1 is 1.06 bits per heavy atom. The van der Waals surface area contributed by atoms with Crippen LogP contribution in [0.5, 0.6) is 0 Å². The van der Waals surface area contributed by atoms with Crippen molar-refractivity contribution in [2.45, 2.75) is 37.1 Å². The van der Waals surface area contributed by atoms with Gasteiger partial charge in [0.2, 0.25) is 0 Å². The highest BCUT2D eigenvalue weighted by molar-refractivity contribution is 6.03. The van der Waals surface area contributed by atoms with Gasteiger partial charge >= 0.3 is 12.1 Å². The summed E-state index contributed by atoms with van der Waals surface area (Å²) in [6.07, 6.45) is 2.80. The van der Waals surface area contributed by atoms with Gasteiger partial charge in [0.15, 0.2) is 0 Å². The number of aliphatic carboxylic acids is 1. The molecular weight excluding hydrogens is 448 g/mol. The van der Waals surface area contributed by atoms with Gasteiger partial charge in [-0.05, 0) is 35.1 Å². The third kappa shape index (κ3) is 4.03. The predicted molar refractivity (Wildman–Crippen MR) is 128 cm³/mol. The number of aromatic nitrogens is 2. The minimum atomic E-state index is -1.30. The van der Waals surface area contributed by atoms with Crippen molar-refractivity contribution in [2.24, 2.45) is 7.05 Å². The van der Waals surface area contributed by atoms with Gasteiger partial charge in [0.05, 0.1) is 11.9 Å². The number of ether oxygens (including phenoxy) is 1. The summed E-state index contributed by atoms with van der Waals surface area (Å²) in [6, 6.07) is 16.1. The van der Waals surface area contributed by atoms with Gasteiger partial charge in [-0.3, -0.25) is 14.8 Å². The molecule has 5 rings (SSSR count). The maximum atomic E-state index is 13.0. The van der Waals surface area contributed by atoms with Crippen LogP contribution < -0.4 is 10.6 Å². The highest BCUT2D eigenvalue weighted by Crippen LogP contribution is 2.44. The monoisotopic (exact) mass is 474 g/mol. The molecule has 1 saturated carbocycles. The molecule has 2 amide bonds. The molecule has 2 aliphatic carbocycles. The van der Waals surface area contributed by atoms with Crippen LogP contribution in [-0.4, -0.2) is 45.0 Å². The van der Waals surface area contributed by atoms with Crippen LogP contribution in [0, 0.1) is 0 Å². The number of aryl methyl sites for hydroxylation is 1. The lowest BCUT2D eigenvalue weighted by atomic mass is 9.97. The van der Waals surface area contributed by atoms with Crippen LogP contribution in [0.1, 0.15) is 53.2 Å². The normalized spacial score (nSPS) is 15.8. The molecule has 35 heavy (non-hydrogen) atoms. The highest BCUT2D eigenvalue weighted by atomic mass is 16.5. The minimum Gasteiger partial charge on any atom is -0.480 e. The first kappa shape index (κ1) is 22.6. The molecule has 3 N–H and O–H groups in total. The third-order valence-electron chi connectivity index (χ3n) is 6.95. The fraction of sp³-hybridized carbons (Fsp3) is 0.308. The zero-order valence-electron chi connectivity index (χ0n) is 19.3. The Morgan fingerprint density at radius 2 is 1.66 bits per heavy atom. The molecule has 9 heteroatoms. The van der Waals surface area contributed by atoms with E-state index in [1.54, 1.807) is 7.05 Å². The number of anilines is 1. The average molecular weight is 475 g/mol. The van der Waals surface area contributed by atoms with Crippen LogP contribution in [0.25, 0.3) is 11.1 Å². The number of fused-ring (bicyclic) bond motifs is 3. The molecule has 2 aromatic carbocycles. The summed E-state index contributed by atoms with van der Waals surface area (Å²) >= 11 is 0. The Labute approximate surface area is 202 Å². The van der Waals surface area contributed by atoms with Gasteiger partial charge in [-0.2, -0.15) is 5.10 Å². The number of rotatable bonds is 6. The van der Waals surface area contributed by atoms with Gasteiger partial charge in [0.1, 0.15) is 17.8 Å². The summed E-state index contributed by atoms with van der Waals surface area (Å²) in [7, 11) is 1.56. The van der Waals surface area contributed by atoms with Crippen molar-refractivity contribution in [1.82, 2.24) is 15.1 Å².